The van der Waals surface area contributed by atoms with E-state index in [-0.39, 0.29) is 0 Å². The summed E-state index contributed by atoms with van der Waals surface area (Å²) in [5, 5.41) is 0. The van der Waals surface area contributed by atoms with E-state index in [4.69, 9.17) is 5.73 Å². The number of nitrogen functional groups attached to an aromatic ring is 1. The largest absolute Gasteiger partial charge is 0.397 e. The zero-order valence-electron chi connectivity index (χ0n) is 10.9. The summed E-state index contributed by atoms with van der Waals surface area (Å²) in [6, 6.07) is 12.5. The van der Waals surface area contributed by atoms with Gasteiger partial charge in [-0.05, 0) is 29.7 Å². The van der Waals surface area contributed by atoms with Gasteiger partial charge in [-0.3, -0.25) is 0 Å². The highest BCUT2D eigenvalue weighted by Crippen LogP contribution is 2.14. The number of aromatic nitrogens is 1. The quantitative estimate of drug-likeness (QED) is 0.895. The van der Waals surface area contributed by atoms with E-state index in [2.05, 4.69) is 41.1 Å². The number of hydrogen-bond donors (Lipinski definition) is 1. The summed E-state index contributed by atoms with van der Waals surface area (Å²) in [6.07, 6.45) is 2.77. The van der Waals surface area contributed by atoms with Crippen molar-refractivity contribution in [2.45, 2.75) is 19.9 Å². The van der Waals surface area contributed by atoms with Crippen LogP contribution in [0.3, 0.4) is 0 Å². The lowest BCUT2D eigenvalue weighted by molar-refractivity contribution is 0.897. The smallest absolute Gasteiger partial charge is 0.128 e. The average molecular weight is 241 g/mol. The normalized spacial score (nSPS) is 10.3. The summed E-state index contributed by atoms with van der Waals surface area (Å²) in [4.78, 5) is 6.42. The highest BCUT2D eigenvalue weighted by atomic mass is 15.2. The van der Waals surface area contributed by atoms with Crippen LogP contribution in [0.25, 0.3) is 0 Å². The van der Waals surface area contributed by atoms with Gasteiger partial charge in [-0.15, -0.1) is 0 Å². The molecule has 0 radical (unpaired) electrons. The molecule has 1 aromatic carbocycles. The molecular weight excluding hydrogens is 222 g/mol. The van der Waals surface area contributed by atoms with Crippen LogP contribution in [0.4, 0.5) is 11.5 Å². The molecule has 1 aromatic heterocycles. The van der Waals surface area contributed by atoms with Crippen LogP contribution in [-0.2, 0) is 13.0 Å². The third-order valence-electron chi connectivity index (χ3n) is 3.01. The summed E-state index contributed by atoms with van der Waals surface area (Å²) in [6.45, 7) is 3.01. The van der Waals surface area contributed by atoms with Crippen molar-refractivity contribution in [2.75, 3.05) is 17.7 Å². The van der Waals surface area contributed by atoms with Crippen molar-refractivity contribution >= 4 is 11.5 Å². The number of nitrogens with zero attached hydrogens (tertiary/aromatic N) is 2. The van der Waals surface area contributed by atoms with Gasteiger partial charge in [0.2, 0.25) is 0 Å². The van der Waals surface area contributed by atoms with E-state index in [0.29, 0.717) is 5.69 Å². The zero-order valence-corrected chi connectivity index (χ0v) is 10.9. The highest BCUT2D eigenvalue weighted by Gasteiger charge is 2.03. The lowest BCUT2D eigenvalue weighted by Gasteiger charge is -2.18. The Morgan fingerprint density at radius 2 is 1.72 bits per heavy atom. The van der Waals surface area contributed by atoms with Gasteiger partial charge in [-0.2, -0.15) is 0 Å². The second-order valence-electron chi connectivity index (χ2n) is 4.48. The molecule has 0 aliphatic carbocycles. The number of nitrogens with two attached hydrogens (primary N) is 1. The van der Waals surface area contributed by atoms with Crippen LogP contribution in [0.5, 0.6) is 0 Å². The van der Waals surface area contributed by atoms with Gasteiger partial charge in [-0.25, -0.2) is 4.98 Å². The Morgan fingerprint density at radius 3 is 2.28 bits per heavy atom. The second-order valence-corrected chi connectivity index (χ2v) is 4.48. The molecule has 2 rings (SSSR count). The van der Waals surface area contributed by atoms with E-state index >= 15 is 0 Å². The summed E-state index contributed by atoms with van der Waals surface area (Å²) in [7, 11) is 2.03. The monoisotopic (exact) mass is 241 g/mol. The van der Waals surface area contributed by atoms with Crippen LogP contribution in [-0.4, -0.2) is 12.0 Å². The number of rotatable bonds is 4. The molecule has 0 aliphatic rings. The highest BCUT2D eigenvalue weighted by molar-refractivity contribution is 5.45. The van der Waals surface area contributed by atoms with Gasteiger partial charge in [0.1, 0.15) is 5.82 Å². The molecule has 0 atom stereocenters. The molecule has 0 bridgehead atoms. The third-order valence-corrected chi connectivity index (χ3v) is 3.01. The fraction of sp³-hybridized carbons (Fsp3) is 0.267. The Balaban J connectivity index is 2.05. The van der Waals surface area contributed by atoms with E-state index in [1.165, 1.54) is 11.1 Å². The SMILES string of the molecule is CCc1ccc(CN(C)c2ccc(N)cn2)cc1. The number of pyridine rings is 1. The first-order chi connectivity index (χ1) is 8.69. The predicted octanol–water partition coefficient (Wildman–Crippen LogP) is 2.86. The predicted molar refractivity (Wildman–Crippen MR) is 76.6 cm³/mol. The van der Waals surface area contributed by atoms with Crippen molar-refractivity contribution < 1.29 is 0 Å². The minimum Gasteiger partial charge on any atom is -0.397 e. The first kappa shape index (κ1) is 12.4. The molecule has 0 fully saturated rings. The number of hydrogen-bond acceptors (Lipinski definition) is 3. The van der Waals surface area contributed by atoms with Crippen molar-refractivity contribution in [3.63, 3.8) is 0 Å². The van der Waals surface area contributed by atoms with Gasteiger partial charge in [0.15, 0.2) is 0 Å². The molecule has 0 aliphatic heterocycles. The minimum atomic E-state index is 0.694. The summed E-state index contributed by atoms with van der Waals surface area (Å²) < 4.78 is 0. The molecule has 0 saturated carbocycles. The number of anilines is 2. The Morgan fingerprint density at radius 1 is 1.06 bits per heavy atom. The lowest BCUT2D eigenvalue weighted by Crippen LogP contribution is -2.17. The zero-order chi connectivity index (χ0) is 13.0. The molecule has 0 amide bonds. The van der Waals surface area contributed by atoms with E-state index in [9.17, 15) is 0 Å². The second kappa shape index (κ2) is 5.54. The molecule has 2 N–H and O–H groups in total. The third kappa shape index (κ3) is 3.00. The average Bonchev–Trinajstić information content (AvgIpc) is 2.40. The topological polar surface area (TPSA) is 42.1 Å². The van der Waals surface area contributed by atoms with Crippen LogP contribution in [0.1, 0.15) is 18.1 Å². The Labute approximate surface area is 108 Å². The maximum atomic E-state index is 5.63. The van der Waals surface area contributed by atoms with Crippen molar-refractivity contribution in [1.82, 2.24) is 4.98 Å². The van der Waals surface area contributed by atoms with E-state index in [1.807, 2.05) is 19.2 Å². The van der Waals surface area contributed by atoms with E-state index < -0.39 is 0 Å². The molecule has 94 valence electrons. The molecule has 3 heteroatoms. The van der Waals surface area contributed by atoms with Crippen LogP contribution in [0, 0.1) is 0 Å². The van der Waals surface area contributed by atoms with Gasteiger partial charge in [0, 0.05) is 13.6 Å². The molecule has 0 unspecified atom stereocenters. The number of benzene rings is 1. The molecule has 2 aromatic rings. The number of aryl methyl sites for hydroxylation is 1. The fourth-order valence-electron chi connectivity index (χ4n) is 1.86. The van der Waals surface area contributed by atoms with Crippen LogP contribution in [0.15, 0.2) is 42.6 Å². The van der Waals surface area contributed by atoms with Crippen LogP contribution in [0.2, 0.25) is 0 Å². The van der Waals surface area contributed by atoms with Gasteiger partial charge in [0.05, 0.1) is 11.9 Å². The summed E-state index contributed by atoms with van der Waals surface area (Å²) >= 11 is 0. The summed E-state index contributed by atoms with van der Waals surface area (Å²) in [5.41, 5.74) is 8.98. The fourth-order valence-corrected chi connectivity index (χ4v) is 1.86. The lowest BCUT2D eigenvalue weighted by atomic mass is 10.1. The molecule has 3 nitrogen and oxygen atoms in total. The molecule has 18 heavy (non-hydrogen) atoms. The molecule has 1 heterocycles. The van der Waals surface area contributed by atoms with Crippen LogP contribution >= 0.6 is 0 Å². The van der Waals surface area contributed by atoms with Crippen molar-refractivity contribution in [3.05, 3.63) is 53.7 Å². The van der Waals surface area contributed by atoms with Crippen molar-refractivity contribution in [2.24, 2.45) is 0 Å². The Bertz CT molecular complexity index is 488. The maximum absolute atomic E-state index is 5.63. The van der Waals surface area contributed by atoms with Gasteiger partial charge in [0.25, 0.3) is 0 Å². The van der Waals surface area contributed by atoms with Crippen molar-refractivity contribution in [1.29, 1.82) is 0 Å². The first-order valence-corrected chi connectivity index (χ1v) is 6.19. The van der Waals surface area contributed by atoms with Gasteiger partial charge >= 0.3 is 0 Å². The molecule has 0 spiro atoms. The first-order valence-electron chi connectivity index (χ1n) is 6.19. The molecule has 0 saturated heterocycles. The molecular formula is C15H19N3. The van der Waals surface area contributed by atoms with Gasteiger partial charge < -0.3 is 10.6 Å². The Hall–Kier alpha value is -2.03. The summed E-state index contributed by atoms with van der Waals surface area (Å²) in [5.74, 6) is 0.934. The Kier molecular flexibility index (Phi) is 3.82. The van der Waals surface area contributed by atoms with E-state index in [0.717, 1.165) is 18.8 Å². The minimum absolute atomic E-state index is 0.694. The van der Waals surface area contributed by atoms with E-state index in [1.54, 1.807) is 6.20 Å². The van der Waals surface area contributed by atoms with Crippen LogP contribution < -0.4 is 10.6 Å². The standard InChI is InChI=1S/C15H19N3/c1-3-12-4-6-13(7-5-12)11-18(2)15-9-8-14(16)10-17-15/h4-10H,3,11,16H2,1-2H3. The maximum Gasteiger partial charge on any atom is 0.128 e. The van der Waals surface area contributed by atoms with Gasteiger partial charge in [-0.1, -0.05) is 31.2 Å². The van der Waals surface area contributed by atoms with Crippen molar-refractivity contribution in [3.8, 4) is 0 Å².